The molecule has 23 heavy (non-hydrogen) atoms. The lowest BCUT2D eigenvalue weighted by Crippen LogP contribution is -2.78. The molecule has 4 heteroatoms. The zero-order valence-electron chi connectivity index (χ0n) is 13.7. The third kappa shape index (κ3) is 1.36. The van der Waals surface area contributed by atoms with Gasteiger partial charge in [0, 0.05) is 6.42 Å². The molecule has 5 atom stereocenters. The van der Waals surface area contributed by atoms with Crippen molar-refractivity contribution in [3.05, 3.63) is 28.1 Å². The predicted molar refractivity (Wildman–Crippen MR) is 90.2 cm³/mol. The molecule has 2 heterocycles. The predicted octanol–water partition coefficient (Wildman–Crippen LogP) is 2.64. The van der Waals surface area contributed by atoms with Crippen molar-refractivity contribution in [1.29, 1.82) is 0 Å². The molecule has 0 aromatic heterocycles. The van der Waals surface area contributed by atoms with Crippen LogP contribution >= 0.6 is 0 Å². The molecule has 0 aromatic carbocycles. The van der Waals surface area contributed by atoms with Crippen LogP contribution in [0.15, 0.2) is 23.3 Å². The van der Waals surface area contributed by atoms with Crippen LogP contribution in [0.25, 0.3) is 4.85 Å². The van der Waals surface area contributed by atoms with Crippen molar-refractivity contribution in [3.8, 4) is 6.57 Å². The van der Waals surface area contributed by atoms with Crippen molar-refractivity contribution in [3.63, 3.8) is 0 Å². The van der Waals surface area contributed by atoms with Gasteiger partial charge in [-0.1, -0.05) is 17.0 Å². The molecule has 2 saturated carbocycles. The molecule has 3 fully saturated rings. The Labute approximate surface area is 137 Å². The lowest BCUT2D eigenvalue weighted by atomic mass is 9.59. The highest BCUT2D eigenvalue weighted by atomic mass is 16.5. The third-order valence-electron chi connectivity index (χ3n) is 7.71. The standard InChI is InChI=1S/C19H26N3O/c1-22-15-6-9-19(21)17(15,20)8-5-14-12-13-4-2-3-7-16(13)10-11-18(14,19)23-16/h1,5,12,15H,2-4,6-11,20-21H2/q+1/t15-,16+,17+,18-,19+/m1/s1. The monoisotopic (exact) mass is 312 g/mol. The van der Waals surface area contributed by atoms with Crippen molar-refractivity contribution in [2.24, 2.45) is 11.5 Å². The van der Waals surface area contributed by atoms with Gasteiger partial charge in [-0.3, -0.25) is 0 Å². The summed E-state index contributed by atoms with van der Waals surface area (Å²) in [5.74, 6) is 0. The van der Waals surface area contributed by atoms with E-state index >= 15 is 0 Å². The van der Waals surface area contributed by atoms with Crippen LogP contribution in [0.3, 0.4) is 0 Å². The molecular formula is C19H26N3O+. The second kappa shape index (κ2) is 4.08. The Morgan fingerprint density at radius 2 is 2.04 bits per heavy atom. The third-order valence-corrected chi connectivity index (χ3v) is 7.71. The Morgan fingerprint density at radius 3 is 2.87 bits per heavy atom. The van der Waals surface area contributed by atoms with Gasteiger partial charge in [-0.05, 0) is 62.5 Å². The summed E-state index contributed by atoms with van der Waals surface area (Å²) < 4.78 is 6.93. The zero-order chi connectivity index (χ0) is 15.9. The largest absolute Gasteiger partial charge is 0.357 e. The maximum Gasteiger partial charge on any atom is 0.291 e. The van der Waals surface area contributed by atoms with Gasteiger partial charge in [0.15, 0.2) is 0 Å². The van der Waals surface area contributed by atoms with Gasteiger partial charge in [0.2, 0.25) is 0 Å². The first-order valence-electron chi connectivity index (χ1n) is 9.09. The van der Waals surface area contributed by atoms with Crippen LogP contribution in [-0.2, 0) is 4.74 Å². The maximum absolute atomic E-state index is 7.07. The van der Waals surface area contributed by atoms with Gasteiger partial charge in [0.25, 0.3) is 12.6 Å². The SMILES string of the molecule is C#[N+][C@@H]1CC[C@@]2(N)[C@@]34CC[C@]5(CCCCC5=CC3=CC[C@]12N)O4. The fraction of sp³-hybridized carbons (Fsp3) is 0.737. The normalized spacial score (nSPS) is 53.5. The van der Waals surface area contributed by atoms with Crippen LogP contribution in [-0.4, -0.2) is 28.3 Å². The first kappa shape index (κ1) is 14.2. The molecule has 0 amide bonds. The number of rotatable bonds is 0. The van der Waals surface area contributed by atoms with Gasteiger partial charge in [0.05, 0.1) is 11.1 Å². The highest BCUT2D eigenvalue weighted by Gasteiger charge is 2.75. The van der Waals surface area contributed by atoms with E-state index in [1.54, 1.807) is 0 Å². The molecule has 0 radical (unpaired) electrons. The van der Waals surface area contributed by atoms with E-state index in [2.05, 4.69) is 17.0 Å². The van der Waals surface area contributed by atoms with Crippen molar-refractivity contribution < 1.29 is 4.74 Å². The topological polar surface area (TPSA) is 65.6 Å². The summed E-state index contributed by atoms with van der Waals surface area (Å²) in [5, 5.41) is 0. The summed E-state index contributed by atoms with van der Waals surface area (Å²) >= 11 is 0. The van der Waals surface area contributed by atoms with Gasteiger partial charge in [0.1, 0.15) is 11.1 Å². The van der Waals surface area contributed by atoms with Crippen LogP contribution in [0.4, 0.5) is 0 Å². The molecule has 2 spiro atoms. The quantitative estimate of drug-likeness (QED) is 0.722. The molecule has 4 nitrogen and oxygen atoms in total. The molecule has 122 valence electrons. The molecular weight excluding hydrogens is 286 g/mol. The second-order valence-corrected chi connectivity index (χ2v) is 8.38. The molecule has 2 aliphatic heterocycles. The number of ether oxygens (including phenoxy) is 1. The summed E-state index contributed by atoms with van der Waals surface area (Å²) in [6, 6.07) is -0.0726. The summed E-state index contributed by atoms with van der Waals surface area (Å²) in [5.41, 5.74) is 15.1. The van der Waals surface area contributed by atoms with E-state index in [0.717, 1.165) is 38.5 Å². The lowest BCUT2D eigenvalue weighted by Gasteiger charge is -2.57. The van der Waals surface area contributed by atoms with E-state index in [0.29, 0.717) is 0 Å². The number of nitrogens with two attached hydrogens (primary N) is 2. The molecule has 5 rings (SSSR count). The first-order valence-corrected chi connectivity index (χ1v) is 9.09. The molecule has 2 bridgehead atoms. The van der Waals surface area contributed by atoms with E-state index in [4.69, 9.17) is 22.8 Å². The Morgan fingerprint density at radius 1 is 1.17 bits per heavy atom. The summed E-state index contributed by atoms with van der Waals surface area (Å²) in [7, 11) is 0. The summed E-state index contributed by atoms with van der Waals surface area (Å²) in [6.45, 7) is 5.67. The first-order chi connectivity index (χ1) is 11.0. The van der Waals surface area contributed by atoms with Crippen LogP contribution in [0.2, 0.25) is 0 Å². The Balaban J connectivity index is 1.71. The molecule has 5 aliphatic rings. The fourth-order valence-electron chi connectivity index (χ4n) is 6.37. The number of fused-ring (bicyclic) bond motifs is 1. The number of nitrogens with zero attached hydrogens (tertiary/aromatic N) is 1. The van der Waals surface area contributed by atoms with E-state index in [1.165, 1.54) is 30.4 Å². The fourth-order valence-corrected chi connectivity index (χ4v) is 6.37. The van der Waals surface area contributed by atoms with Gasteiger partial charge >= 0.3 is 0 Å². The van der Waals surface area contributed by atoms with Crippen LogP contribution in [0.1, 0.15) is 57.8 Å². The minimum absolute atomic E-state index is 0.0713. The van der Waals surface area contributed by atoms with Gasteiger partial charge in [-0.25, -0.2) is 0 Å². The van der Waals surface area contributed by atoms with Gasteiger partial charge in [-0.15, -0.1) is 0 Å². The minimum Gasteiger partial charge on any atom is -0.357 e. The van der Waals surface area contributed by atoms with Gasteiger partial charge < -0.3 is 16.2 Å². The minimum atomic E-state index is -0.587. The van der Waals surface area contributed by atoms with Crippen LogP contribution in [0, 0.1) is 6.57 Å². The molecule has 0 aromatic rings. The Bertz CT molecular complexity index is 691. The number of hydrogen-bond acceptors (Lipinski definition) is 3. The van der Waals surface area contributed by atoms with Gasteiger partial charge in [-0.2, -0.15) is 0 Å². The molecule has 4 N–H and O–H groups in total. The molecule has 1 saturated heterocycles. The summed E-state index contributed by atoms with van der Waals surface area (Å²) in [6.07, 6.45) is 14.0. The van der Waals surface area contributed by atoms with Crippen molar-refractivity contribution in [2.75, 3.05) is 0 Å². The average Bonchev–Trinajstić information content (AvgIpc) is 3.01. The molecule has 3 aliphatic carbocycles. The zero-order valence-corrected chi connectivity index (χ0v) is 13.7. The van der Waals surface area contributed by atoms with E-state index in [-0.39, 0.29) is 11.6 Å². The second-order valence-electron chi connectivity index (χ2n) is 8.38. The Hall–Kier alpha value is -1.15. The van der Waals surface area contributed by atoms with Crippen LogP contribution in [0.5, 0.6) is 0 Å². The highest BCUT2D eigenvalue weighted by molar-refractivity contribution is 5.52. The van der Waals surface area contributed by atoms with Crippen LogP contribution < -0.4 is 11.5 Å². The van der Waals surface area contributed by atoms with Crippen molar-refractivity contribution >= 4 is 0 Å². The smallest absolute Gasteiger partial charge is 0.291 e. The highest BCUT2D eigenvalue weighted by Crippen LogP contribution is 2.64. The van der Waals surface area contributed by atoms with E-state index in [1.807, 2.05) is 0 Å². The average molecular weight is 312 g/mol. The Kier molecular flexibility index (Phi) is 2.52. The van der Waals surface area contributed by atoms with Crippen molar-refractivity contribution in [2.45, 2.75) is 86.1 Å². The lowest BCUT2D eigenvalue weighted by molar-refractivity contribution is -0.132. The van der Waals surface area contributed by atoms with Crippen molar-refractivity contribution in [1.82, 2.24) is 0 Å². The van der Waals surface area contributed by atoms with E-state index < -0.39 is 16.7 Å². The number of hydrogen-bond donors (Lipinski definition) is 2. The molecule has 0 unspecified atom stereocenters. The van der Waals surface area contributed by atoms with E-state index in [9.17, 15) is 0 Å². The summed E-state index contributed by atoms with van der Waals surface area (Å²) in [4.78, 5) is 4.08. The maximum atomic E-state index is 7.07.